The number of aromatic nitrogens is 2. The van der Waals surface area contributed by atoms with Crippen molar-refractivity contribution < 1.29 is 22.7 Å². The second-order valence-corrected chi connectivity index (χ2v) is 8.39. The molecule has 1 aromatic heterocycles. The Morgan fingerprint density at radius 2 is 1.96 bits per heavy atom. The number of hydrogen-bond acceptors (Lipinski definition) is 6. The molecule has 2 heterocycles. The van der Waals surface area contributed by atoms with Gasteiger partial charge in [-0.2, -0.15) is 9.40 Å². The quantitative estimate of drug-likeness (QED) is 0.700. The fraction of sp³-hybridized carbons (Fsp3) is 0.444. The molecular formula is C18H24N4O5S. The van der Waals surface area contributed by atoms with Crippen LogP contribution in [0.3, 0.4) is 0 Å². The Morgan fingerprint density at radius 3 is 2.68 bits per heavy atom. The minimum atomic E-state index is -3.61. The van der Waals surface area contributed by atoms with Gasteiger partial charge in [0.1, 0.15) is 16.4 Å². The molecule has 0 radical (unpaired) electrons. The normalized spacial score (nSPS) is 15.9. The van der Waals surface area contributed by atoms with E-state index in [1.165, 1.54) is 21.4 Å². The molecule has 1 fully saturated rings. The number of nitrogens with zero attached hydrogens (tertiary/aromatic N) is 4. The molecule has 1 saturated heterocycles. The van der Waals surface area contributed by atoms with Crippen LogP contribution < -0.4 is 9.47 Å². The van der Waals surface area contributed by atoms with E-state index >= 15 is 0 Å². The molecule has 0 atom stereocenters. The molecule has 0 spiro atoms. The van der Waals surface area contributed by atoms with Gasteiger partial charge < -0.3 is 14.4 Å². The molecule has 9 nitrogen and oxygen atoms in total. The summed E-state index contributed by atoms with van der Waals surface area (Å²) in [5.74, 6) is 1.02. The first-order valence-corrected chi connectivity index (χ1v) is 10.4. The van der Waals surface area contributed by atoms with Crippen molar-refractivity contribution in [1.82, 2.24) is 19.0 Å². The lowest BCUT2D eigenvalue weighted by Crippen LogP contribution is -2.39. The molecule has 1 aromatic carbocycles. The monoisotopic (exact) mass is 408 g/mol. The van der Waals surface area contributed by atoms with Crippen molar-refractivity contribution in [3.05, 3.63) is 36.7 Å². The molecule has 3 rings (SSSR count). The van der Waals surface area contributed by atoms with Crippen molar-refractivity contribution in [3.63, 3.8) is 0 Å². The topological polar surface area (TPSA) is 94.0 Å². The maximum atomic E-state index is 12.7. The predicted molar refractivity (Wildman–Crippen MR) is 102 cm³/mol. The van der Waals surface area contributed by atoms with Crippen molar-refractivity contribution >= 4 is 15.9 Å². The van der Waals surface area contributed by atoms with E-state index in [0.29, 0.717) is 37.6 Å². The minimum absolute atomic E-state index is 0.109. The molecule has 0 aliphatic carbocycles. The highest BCUT2D eigenvalue weighted by Crippen LogP contribution is 2.19. The van der Waals surface area contributed by atoms with E-state index in [4.69, 9.17) is 9.47 Å². The zero-order valence-electron chi connectivity index (χ0n) is 15.9. The molecule has 28 heavy (non-hydrogen) atoms. The van der Waals surface area contributed by atoms with Crippen molar-refractivity contribution in [2.45, 2.75) is 11.3 Å². The van der Waals surface area contributed by atoms with Crippen LogP contribution >= 0.6 is 0 Å². The molecular weight excluding hydrogens is 384 g/mol. The van der Waals surface area contributed by atoms with Gasteiger partial charge in [-0.3, -0.25) is 9.48 Å². The van der Waals surface area contributed by atoms with Crippen molar-refractivity contribution in [2.24, 2.45) is 7.05 Å². The van der Waals surface area contributed by atoms with Crippen LogP contribution in [0.15, 0.2) is 41.6 Å². The van der Waals surface area contributed by atoms with Gasteiger partial charge in [-0.15, -0.1) is 0 Å². The van der Waals surface area contributed by atoms with Gasteiger partial charge in [-0.05, 0) is 18.6 Å². The van der Waals surface area contributed by atoms with Crippen LogP contribution in [0.2, 0.25) is 0 Å². The second kappa shape index (κ2) is 8.61. The molecule has 152 valence electrons. The highest BCUT2D eigenvalue weighted by molar-refractivity contribution is 7.89. The van der Waals surface area contributed by atoms with Gasteiger partial charge in [-0.25, -0.2) is 8.42 Å². The largest absolute Gasteiger partial charge is 0.497 e. The van der Waals surface area contributed by atoms with Crippen LogP contribution in [-0.2, 0) is 21.9 Å². The Hall–Kier alpha value is -2.59. The molecule has 1 aliphatic rings. The summed E-state index contributed by atoms with van der Waals surface area (Å²) >= 11 is 0. The summed E-state index contributed by atoms with van der Waals surface area (Å²) in [5, 5.41) is 3.93. The fourth-order valence-corrected chi connectivity index (χ4v) is 4.45. The van der Waals surface area contributed by atoms with E-state index < -0.39 is 10.0 Å². The zero-order valence-corrected chi connectivity index (χ0v) is 16.8. The summed E-state index contributed by atoms with van der Waals surface area (Å²) in [4.78, 5) is 14.3. The van der Waals surface area contributed by atoms with Gasteiger partial charge in [0.25, 0.3) is 5.91 Å². The van der Waals surface area contributed by atoms with Crippen molar-refractivity contribution in [2.75, 3.05) is 39.9 Å². The standard InChI is InChI=1S/C18H24N4O5S/c1-20-13-17(12-19-20)28(24,25)22-8-4-7-21(9-10-22)18(23)14-27-16-6-3-5-15(11-16)26-2/h3,5-6,11-13H,4,7-10,14H2,1-2H3. The lowest BCUT2D eigenvalue weighted by Gasteiger charge is -2.21. The summed E-state index contributed by atoms with van der Waals surface area (Å²) in [6.07, 6.45) is 3.38. The zero-order chi connectivity index (χ0) is 20.1. The highest BCUT2D eigenvalue weighted by atomic mass is 32.2. The van der Waals surface area contributed by atoms with Crippen LogP contribution in [0.1, 0.15) is 6.42 Å². The van der Waals surface area contributed by atoms with E-state index in [1.807, 2.05) is 0 Å². The van der Waals surface area contributed by atoms with Gasteiger partial charge in [0.2, 0.25) is 10.0 Å². The number of aryl methyl sites for hydroxylation is 1. The Labute approximate surface area is 164 Å². The maximum absolute atomic E-state index is 12.7. The van der Waals surface area contributed by atoms with Crippen LogP contribution in [0, 0.1) is 0 Å². The van der Waals surface area contributed by atoms with Crippen molar-refractivity contribution in [3.8, 4) is 11.5 Å². The second-order valence-electron chi connectivity index (χ2n) is 6.46. The van der Waals surface area contributed by atoms with E-state index in [1.54, 1.807) is 43.3 Å². The van der Waals surface area contributed by atoms with Gasteiger partial charge >= 0.3 is 0 Å². The summed E-state index contributed by atoms with van der Waals surface area (Å²) < 4.78 is 39.0. The molecule has 1 amide bonds. The SMILES string of the molecule is COc1cccc(OCC(=O)N2CCCN(S(=O)(=O)c3cnn(C)c3)CC2)c1. The molecule has 1 aliphatic heterocycles. The highest BCUT2D eigenvalue weighted by Gasteiger charge is 2.29. The number of carbonyl (C=O) groups excluding carboxylic acids is 1. The van der Waals surface area contributed by atoms with Gasteiger partial charge in [0.15, 0.2) is 6.61 Å². The average molecular weight is 408 g/mol. The summed E-state index contributed by atoms with van der Waals surface area (Å²) in [5.41, 5.74) is 0. The molecule has 0 bridgehead atoms. The number of ether oxygens (including phenoxy) is 2. The number of carbonyl (C=O) groups is 1. The Kier molecular flexibility index (Phi) is 6.20. The summed E-state index contributed by atoms with van der Waals surface area (Å²) in [6, 6.07) is 7.03. The Morgan fingerprint density at radius 1 is 1.18 bits per heavy atom. The third-order valence-corrected chi connectivity index (χ3v) is 6.38. The first-order valence-electron chi connectivity index (χ1n) is 8.93. The predicted octanol–water partition coefficient (Wildman–Crippen LogP) is 0.731. The van der Waals surface area contributed by atoms with Crippen LogP contribution in [0.5, 0.6) is 11.5 Å². The number of sulfonamides is 1. The summed E-state index contributed by atoms with van der Waals surface area (Å²) in [7, 11) is -0.377. The molecule has 0 saturated carbocycles. The number of rotatable bonds is 6. The number of methoxy groups -OCH3 is 1. The first-order chi connectivity index (χ1) is 13.4. The lowest BCUT2D eigenvalue weighted by atomic mass is 10.3. The summed E-state index contributed by atoms with van der Waals surface area (Å²) in [6.45, 7) is 1.29. The van der Waals surface area contributed by atoms with Crippen LogP contribution in [-0.4, -0.2) is 73.2 Å². The van der Waals surface area contributed by atoms with E-state index in [-0.39, 0.29) is 24.0 Å². The van der Waals surface area contributed by atoms with Crippen LogP contribution in [0.4, 0.5) is 0 Å². The van der Waals surface area contributed by atoms with E-state index in [2.05, 4.69) is 5.10 Å². The lowest BCUT2D eigenvalue weighted by molar-refractivity contribution is -0.133. The third kappa shape index (κ3) is 4.63. The average Bonchev–Trinajstić information content (AvgIpc) is 2.98. The first kappa shape index (κ1) is 20.2. The van der Waals surface area contributed by atoms with Gasteiger partial charge in [-0.1, -0.05) is 6.07 Å². The molecule has 0 N–H and O–H groups in total. The molecule has 10 heteroatoms. The Bertz CT molecular complexity index is 928. The fourth-order valence-electron chi connectivity index (χ4n) is 2.99. The molecule has 2 aromatic rings. The van der Waals surface area contributed by atoms with Crippen LogP contribution in [0.25, 0.3) is 0 Å². The smallest absolute Gasteiger partial charge is 0.260 e. The Balaban J connectivity index is 1.57. The third-order valence-electron chi connectivity index (χ3n) is 4.53. The minimum Gasteiger partial charge on any atom is -0.497 e. The number of amides is 1. The van der Waals surface area contributed by atoms with E-state index in [0.717, 1.165) is 0 Å². The van der Waals surface area contributed by atoms with Crippen molar-refractivity contribution in [1.29, 1.82) is 0 Å². The number of benzene rings is 1. The van der Waals surface area contributed by atoms with E-state index in [9.17, 15) is 13.2 Å². The molecule has 0 unspecified atom stereocenters. The van der Waals surface area contributed by atoms with Gasteiger partial charge in [0, 0.05) is 45.5 Å². The maximum Gasteiger partial charge on any atom is 0.260 e. The number of hydrogen-bond donors (Lipinski definition) is 0. The van der Waals surface area contributed by atoms with Gasteiger partial charge in [0.05, 0.1) is 13.3 Å².